The molecular weight excluding hydrogens is 447 g/mol. The van der Waals surface area contributed by atoms with Crippen LogP contribution >= 0.6 is 0 Å². The Morgan fingerprint density at radius 1 is 1.34 bits per heavy atom. The van der Waals surface area contributed by atoms with Crippen LogP contribution < -0.4 is 10.3 Å². The van der Waals surface area contributed by atoms with Crippen molar-refractivity contribution in [1.82, 2.24) is 19.5 Å². The molecule has 0 spiro atoms. The SMILES string of the molecule is Nc1nc([Se]Cc2ccc([N+](=O)[O-])cc2)c2ncn([C@@H]3C[C@H](O)[C@@H](CO)O3)c2n1. The van der Waals surface area contributed by atoms with Crippen molar-refractivity contribution in [2.45, 2.75) is 30.2 Å². The molecule has 1 aliphatic rings. The van der Waals surface area contributed by atoms with E-state index in [1.807, 2.05) is 0 Å². The zero-order valence-electron chi connectivity index (χ0n) is 15.1. The zero-order valence-corrected chi connectivity index (χ0v) is 16.8. The summed E-state index contributed by atoms with van der Waals surface area (Å²) in [5.74, 6) is 0.108. The molecule has 0 radical (unpaired) electrons. The van der Waals surface area contributed by atoms with Crippen LogP contribution in [0.4, 0.5) is 11.6 Å². The minimum absolute atomic E-state index is 0.0496. The molecule has 29 heavy (non-hydrogen) atoms. The first-order chi connectivity index (χ1) is 14.0. The number of aliphatic hydroxyl groups is 2. The van der Waals surface area contributed by atoms with Gasteiger partial charge in [-0.3, -0.25) is 0 Å². The molecule has 1 aliphatic heterocycles. The molecule has 4 rings (SSSR count). The predicted molar refractivity (Wildman–Crippen MR) is 104 cm³/mol. The maximum atomic E-state index is 10.8. The Morgan fingerprint density at radius 3 is 2.76 bits per heavy atom. The zero-order chi connectivity index (χ0) is 20.5. The van der Waals surface area contributed by atoms with E-state index in [0.717, 1.165) is 5.56 Å². The molecule has 1 aromatic carbocycles. The quantitative estimate of drug-likeness (QED) is 0.247. The van der Waals surface area contributed by atoms with Gasteiger partial charge in [0.05, 0.1) is 0 Å². The van der Waals surface area contributed by atoms with Crippen LogP contribution in [0.2, 0.25) is 0 Å². The fourth-order valence-corrected chi connectivity index (χ4v) is 5.09. The third-order valence-electron chi connectivity index (χ3n) is 4.62. The standard InChI is InChI=1S/C17H18N6O5Se/c18-17-20-15-14(19-8-22(15)13-5-11(25)12(6-24)28-13)16(21-17)29-7-9-1-3-10(4-2-9)23(26)27/h1-4,8,11-13,24-25H,5-7H2,(H2,18,20,21)/t11-,12+,13-/m0/s1. The van der Waals surface area contributed by atoms with Gasteiger partial charge in [-0.25, -0.2) is 0 Å². The summed E-state index contributed by atoms with van der Waals surface area (Å²) in [5.41, 5.74) is 8.01. The van der Waals surface area contributed by atoms with Crippen molar-refractivity contribution >= 4 is 42.3 Å². The Kier molecular flexibility index (Phi) is 5.43. The van der Waals surface area contributed by atoms with Crippen molar-refractivity contribution in [3.63, 3.8) is 0 Å². The van der Waals surface area contributed by atoms with Gasteiger partial charge in [0.25, 0.3) is 0 Å². The summed E-state index contributed by atoms with van der Waals surface area (Å²) >= 11 is -0.131. The van der Waals surface area contributed by atoms with E-state index < -0.39 is 23.4 Å². The fourth-order valence-electron chi connectivity index (χ4n) is 3.13. The van der Waals surface area contributed by atoms with Crippen molar-refractivity contribution in [1.29, 1.82) is 0 Å². The van der Waals surface area contributed by atoms with E-state index in [4.69, 9.17) is 10.5 Å². The molecule has 12 heteroatoms. The van der Waals surface area contributed by atoms with Gasteiger partial charge < -0.3 is 0 Å². The minimum atomic E-state index is -0.771. The van der Waals surface area contributed by atoms with E-state index >= 15 is 0 Å². The first-order valence-electron chi connectivity index (χ1n) is 8.77. The van der Waals surface area contributed by atoms with Crippen molar-refractivity contribution in [2.24, 2.45) is 0 Å². The Bertz CT molecular complexity index is 1040. The van der Waals surface area contributed by atoms with Crippen LogP contribution in [-0.4, -0.2) is 68.4 Å². The second kappa shape index (κ2) is 8.01. The molecule has 3 heterocycles. The molecule has 11 nitrogen and oxygen atoms in total. The second-order valence-electron chi connectivity index (χ2n) is 6.54. The summed E-state index contributed by atoms with van der Waals surface area (Å²) in [6.45, 7) is -0.273. The molecule has 0 aliphatic carbocycles. The van der Waals surface area contributed by atoms with Gasteiger partial charge in [-0.05, 0) is 0 Å². The van der Waals surface area contributed by atoms with E-state index in [2.05, 4.69) is 15.0 Å². The molecule has 0 unspecified atom stereocenters. The average Bonchev–Trinajstić information content (AvgIpc) is 3.29. The molecule has 0 saturated carbocycles. The van der Waals surface area contributed by atoms with Gasteiger partial charge in [-0.15, -0.1) is 0 Å². The summed E-state index contributed by atoms with van der Waals surface area (Å²) < 4.78 is 8.10. The van der Waals surface area contributed by atoms with Crippen molar-refractivity contribution in [3.8, 4) is 0 Å². The molecular formula is C17H18N6O5Se. The van der Waals surface area contributed by atoms with Crippen LogP contribution in [0.1, 0.15) is 18.2 Å². The van der Waals surface area contributed by atoms with Gasteiger partial charge >= 0.3 is 171 Å². The van der Waals surface area contributed by atoms with E-state index in [-0.39, 0.29) is 33.2 Å². The first-order valence-corrected chi connectivity index (χ1v) is 10.8. The number of aromatic nitrogens is 4. The van der Waals surface area contributed by atoms with Gasteiger partial charge in [0, 0.05) is 0 Å². The summed E-state index contributed by atoms with van der Waals surface area (Å²) in [4.78, 5) is 23.4. The van der Waals surface area contributed by atoms with Gasteiger partial charge in [-0.1, -0.05) is 0 Å². The van der Waals surface area contributed by atoms with Crippen LogP contribution in [0.5, 0.6) is 0 Å². The topological polar surface area (TPSA) is 162 Å². The number of rotatable bonds is 6. The summed E-state index contributed by atoms with van der Waals surface area (Å²) in [5, 5.41) is 30.7. The average molecular weight is 465 g/mol. The number of ether oxygens (including phenoxy) is 1. The van der Waals surface area contributed by atoms with E-state index in [0.29, 0.717) is 27.5 Å². The number of hydrogen-bond acceptors (Lipinski definition) is 9. The number of nitrogen functional groups attached to an aromatic ring is 1. The van der Waals surface area contributed by atoms with E-state index in [1.54, 1.807) is 23.0 Å². The summed E-state index contributed by atoms with van der Waals surface area (Å²) in [6.07, 6.45) is -0.0444. The fraction of sp³-hybridized carbons (Fsp3) is 0.353. The molecule has 3 atom stereocenters. The molecule has 1 saturated heterocycles. The van der Waals surface area contributed by atoms with Crippen LogP contribution in [0.15, 0.2) is 30.6 Å². The third-order valence-corrected chi connectivity index (χ3v) is 6.80. The number of non-ortho nitro benzene ring substituents is 1. The van der Waals surface area contributed by atoms with Crippen LogP contribution in [0, 0.1) is 10.1 Å². The normalized spacial score (nSPS) is 21.7. The number of aliphatic hydroxyl groups excluding tert-OH is 2. The van der Waals surface area contributed by atoms with Gasteiger partial charge in [-0.2, -0.15) is 0 Å². The number of nitro benzene ring substituents is 1. The number of benzene rings is 1. The van der Waals surface area contributed by atoms with Crippen LogP contribution in [0.25, 0.3) is 11.2 Å². The van der Waals surface area contributed by atoms with Crippen LogP contribution in [-0.2, 0) is 10.1 Å². The molecule has 0 amide bonds. The number of nitrogens with zero attached hydrogens (tertiary/aromatic N) is 5. The molecule has 4 N–H and O–H groups in total. The second-order valence-corrected chi connectivity index (χ2v) is 8.56. The number of fused-ring (bicyclic) bond motifs is 1. The van der Waals surface area contributed by atoms with Gasteiger partial charge in [0.15, 0.2) is 0 Å². The van der Waals surface area contributed by atoms with Gasteiger partial charge in [0.1, 0.15) is 0 Å². The Labute approximate surface area is 170 Å². The van der Waals surface area contributed by atoms with E-state index in [1.165, 1.54) is 12.1 Å². The molecule has 0 bridgehead atoms. The molecule has 2 aromatic heterocycles. The summed E-state index contributed by atoms with van der Waals surface area (Å²) in [6, 6.07) is 6.40. The molecule has 3 aromatic rings. The van der Waals surface area contributed by atoms with Gasteiger partial charge in [0.2, 0.25) is 0 Å². The predicted octanol–water partition coefficient (Wildman–Crippen LogP) is -0.513. The summed E-state index contributed by atoms with van der Waals surface area (Å²) in [7, 11) is 0. The van der Waals surface area contributed by atoms with Crippen LogP contribution in [0.3, 0.4) is 0 Å². The Hall–Kier alpha value is -2.63. The molecule has 152 valence electrons. The Balaban J connectivity index is 1.57. The molecule has 1 fully saturated rings. The number of nitro groups is 1. The third kappa shape index (κ3) is 3.93. The monoisotopic (exact) mass is 466 g/mol. The van der Waals surface area contributed by atoms with Crippen molar-refractivity contribution < 1.29 is 19.9 Å². The van der Waals surface area contributed by atoms with Crippen molar-refractivity contribution in [2.75, 3.05) is 12.3 Å². The van der Waals surface area contributed by atoms with E-state index in [9.17, 15) is 20.3 Å². The van der Waals surface area contributed by atoms with Crippen molar-refractivity contribution in [3.05, 3.63) is 46.3 Å². The number of nitrogens with two attached hydrogens (primary N) is 1. The number of anilines is 1. The number of imidazole rings is 1. The maximum absolute atomic E-state index is 10.8. The Morgan fingerprint density at radius 2 is 2.10 bits per heavy atom. The first kappa shape index (κ1) is 19.7. The number of hydrogen-bond donors (Lipinski definition) is 3.